The molecule has 64 heavy (non-hydrogen) atoms. The fourth-order valence-corrected chi connectivity index (χ4v) is 9.20. The SMILES string of the molecule is Clc1ccc(C(=C2C(=C(c3ccc(Cl)cc3)c3ccc(Cl)cc3)C(=C(c3ccc(Cl)cc3)c3ccc(Cl)cc3)C2=C(c2ccc(Cl)cc2)c2ccc(Cl)cc2)c2ccc(Cl)cc2)cc1. The average Bonchev–Trinajstić information content (AvgIpc) is 3.30. The molecular weight excluding hydrogens is 956 g/mol. The first kappa shape index (κ1) is 44.3. The van der Waals surface area contributed by atoms with Crippen LogP contribution in [0.3, 0.4) is 0 Å². The van der Waals surface area contributed by atoms with Gasteiger partial charge in [0.25, 0.3) is 0 Å². The molecule has 8 aromatic carbocycles. The molecule has 0 spiro atoms. The molecule has 0 bridgehead atoms. The highest BCUT2D eigenvalue weighted by atomic mass is 35.5. The number of benzene rings is 8. The van der Waals surface area contributed by atoms with Crippen molar-refractivity contribution in [3.05, 3.63) is 301 Å². The zero-order chi connectivity index (χ0) is 44.5. The second-order valence-electron chi connectivity index (χ2n) is 15.1. The maximum Gasteiger partial charge on any atom is 0.0406 e. The predicted octanol–water partition coefficient (Wildman–Crippen LogP) is 19.2. The van der Waals surface area contributed by atoms with Gasteiger partial charge in [-0.1, -0.05) is 190 Å². The molecule has 312 valence electrons. The van der Waals surface area contributed by atoms with Gasteiger partial charge < -0.3 is 0 Å². The van der Waals surface area contributed by atoms with Crippen LogP contribution in [0.15, 0.2) is 216 Å². The lowest BCUT2D eigenvalue weighted by atomic mass is 9.61. The Labute approximate surface area is 412 Å². The molecule has 0 aliphatic heterocycles. The number of rotatable bonds is 8. The Bertz CT molecular complexity index is 2480. The predicted molar refractivity (Wildman–Crippen MR) is 276 cm³/mol. The molecule has 0 amide bonds. The highest BCUT2D eigenvalue weighted by Crippen LogP contribution is 2.60. The van der Waals surface area contributed by atoms with Crippen molar-refractivity contribution in [2.75, 3.05) is 0 Å². The molecule has 0 radical (unpaired) electrons. The van der Waals surface area contributed by atoms with Crippen LogP contribution in [0.5, 0.6) is 0 Å². The van der Waals surface area contributed by atoms with Crippen LogP contribution in [0.2, 0.25) is 40.2 Å². The van der Waals surface area contributed by atoms with E-state index in [1.54, 1.807) is 0 Å². The standard InChI is InChI=1S/C56H32Cl8/c57-41-17-1-33(2-18-41)49(34-3-19-42(58)20-4-34)53-54(50(35-5-21-43(59)22-6-35)36-7-23-44(60)24-8-36)56(52(39-13-29-47(63)30-14-39)40-15-31-48(64)32-16-40)55(53)51(37-9-25-45(61)26-10-37)38-11-27-46(62)28-12-38/h1-32H. The molecule has 8 aromatic rings. The zero-order valence-corrected chi connectivity index (χ0v) is 39.5. The van der Waals surface area contributed by atoms with Crippen LogP contribution in [0, 0.1) is 0 Å². The van der Waals surface area contributed by atoms with Gasteiger partial charge in [-0.05, 0) is 186 Å². The second-order valence-corrected chi connectivity index (χ2v) is 18.5. The molecule has 0 heterocycles. The summed E-state index contributed by atoms with van der Waals surface area (Å²) in [4.78, 5) is 0. The molecule has 0 unspecified atom stereocenters. The summed E-state index contributed by atoms with van der Waals surface area (Å²) < 4.78 is 0. The van der Waals surface area contributed by atoms with Gasteiger partial charge in [-0.25, -0.2) is 0 Å². The van der Waals surface area contributed by atoms with E-state index in [0.717, 1.165) is 89.1 Å². The van der Waals surface area contributed by atoms with Gasteiger partial charge in [0.2, 0.25) is 0 Å². The van der Waals surface area contributed by atoms with E-state index in [4.69, 9.17) is 92.8 Å². The molecule has 1 saturated carbocycles. The third kappa shape index (κ3) is 9.27. The quantitative estimate of drug-likeness (QED) is 0.142. The van der Waals surface area contributed by atoms with Gasteiger partial charge in [0.05, 0.1) is 0 Å². The van der Waals surface area contributed by atoms with E-state index in [2.05, 4.69) is 97.1 Å². The van der Waals surface area contributed by atoms with Crippen molar-refractivity contribution >= 4 is 115 Å². The maximum absolute atomic E-state index is 6.64. The van der Waals surface area contributed by atoms with Gasteiger partial charge in [-0.15, -0.1) is 0 Å². The van der Waals surface area contributed by atoms with Crippen LogP contribution in [0.4, 0.5) is 0 Å². The first-order valence-corrected chi connectivity index (χ1v) is 23.1. The number of hydrogen-bond acceptors (Lipinski definition) is 0. The maximum atomic E-state index is 6.64. The van der Waals surface area contributed by atoms with Crippen molar-refractivity contribution in [3.63, 3.8) is 0 Å². The van der Waals surface area contributed by atoms with Crippen LogP contribution in [-0.4, -0.2) is 0 Å². The van der Waals surface area contributed by atoms with Crippen LogP contribution < -0.4 is 0 Å². The minimum absolute atomic E-state index is 0.615. The van der Waals surface area contributed by atoms with Gasteiger partial charge >= 0.3 is 0 Å². The topological polar surface area (TPSA) is 0 Å². The van der Waals surface area contributed by atoms with Crippen molar-refractivity contribution in [3.8, 4) is 0 Å². The summed E-state index contributed by atoms with van der Waals surface area (Å²) >= 11 is 53.1. The van der Waals surface area contributed by atoms with Crippen molar-refractivity contribution in [1.82, 2.24) is 0 Å². The Kier molecular flexibility index (Phi) is 13.3. The third-order valence-corrected chi connectivity index (χ3v) is 13.1. The highest BCUT2D eigenvalue weighted by Gasteiger charge is 2.42. The Morgan fingerprint density at radius 3 is 0.344 bits per heavy atom. The summed E-state index contributed by atoms with van der Waals surface area (Å²) in [6, 6.07) is 63.6. The number of halogens is 8. The lowest BCUT2D eigenvalue weighted by Gasteiger charge is -2.40. The minimum atomic E-state index is 0.615. The van der Waals surface area contributed by atoms with E-state index < -0.39 is 0 Å². The molecule has 0 atom stereocenters. The first-order chi connectivity index (χ1) is 31.0. The van der Waals surface area contributed by atoms with Gasteiger partial charge in [0.1, 0.15) is 0 Å². The lowest BCUT2D eigenvalue weighted by molar-refractivity contribution is 1.23. The molecule has 1 aliphatic carbocycles. The molecule has 9 rings (SSSR count). The van der Waals surface area contributed by atoms with E-state index >= 15 is 0 Å². The fraction of sp³-hybridized carbons (Fsp3) is 0. The lowest BCUT2D eigenvalue weighted by Crippen LogP contribution is -2.22. The normalized spacial score (nSPS) is 12.2. The van der Waals surface area contributed by atoms with Crippen LogP contribution in [0.1, 0.15) is 44.5 Å². The largest absolute Gasteiger partial charge is 0.0843 e. The molecule has 1 aliphatic rings. The van der Waals surface area contributed by atoms with Gasteiger partial charge in [-0.2, -0.15) is 0 Å². The summed E-state index contributed by atoms with van der Waals surface area (Å²) in [5, 5.41) is 4.92. The summed E-state index contributed by atoms with van der Waals surface area (Å²) in [5.41, 5.74) is 15.2. The van der Waals surface area contributed by atoms with Crippen LogP contribution >= 0.6 is 92.8 Å². The molecule has 1 fully saturated rings. The van der Waals surface area contributed by atoms with Gasteiger partial charge in [0, 0.05) is 40.2 Å². The first-order valence-electron chi connectivity index (χ1n) is 20.1. The van der Waals surface area contributed by atoms with Crippen molar-refractivity contribution in [1.29, 1.82) is 0 Å². The third-order valence-electron chi connectivity index (χ3n) is 11.1. The van der Waals surface area contributed by atoms with E-state index in [9.17, 15) is 0 Å². The van der Waals surface area contributed by atoms with Crippen LogP contribution in [0.25, 0.3) is 22.3 Å². The number of hydrogen-bond donors (Lipinski definition) is 0. The Morgan fingerprint density at radius 2 is 0.250 bits per heavy atom. The van der Waals surface area contributed by atoms with Crippen molar-refractivity contribution in [2.45, 2.75) is 0 Å². The van der Waals surface area contributed by atoms with E-state index in [0.29, 0.717) is 40.2 Å². The summed E-state index contributed by atoms with van der Waals surface area (Å²) in [7, 11) is 0. The molecule has 0 saturated heterocycles. The summed E-state index contributed by atoms with van der Waals surface area (Å²) in [6.45, 7) is 0. The van der Waals surface area contributed by atoms with E-state index in [1.807, 2.05) is 97.1 Å². The monoisotopic (exact) mass is 984 g/mol. The van der Waals surface area contributed by atoms with Crippen molar-refractivity contribution < 1.29 is 0 Å². The van der Waals surface area contributed by atoms with E-state index in [-0.39, 0.29) is 0 Å². The Morgan fingerprint density at radius 1 is 0.156 bits per heavy atom. The molecule has 0 nitrogen and oxygen atoms in total. The molecule has 8 heteroatoms. The highest BCUT2D eigenvalue weighted by molar-refractivity contribution is 6.33. The average molecular weight is 988 g/mol. The Hall–Kier alpha value is -4.96. The second kappa shape index (κ2) is 19.3. The summed E-state index contributed by atoms with van der Waals surface area (Å²) in [6.07, 6.45) is 0. The van der Waals surface area contributed by atoms with Gasteiger partial charge in [0.15, 0.2) is 0 Å². The smallest absolute Gasteiger partial charge is 0.0406 e. The zero-order valence-electron chi connectivity index (χ0n) is 33.5. The molecule has 0 N–H and O–H groups in total. The van der Waals surface area contributed by atoms with Crippen molar-refractivity contribution in [2.24, 2.45) is 0 Å². The van der Waals surface area contributed by atoms with E-state index in [1.165, 1.54) is 0 Å². The minimum Gasteiger partial charge on any atom is -0.0843 e. The number of allylic oxidation sites excluding steroid dienone is 4. The molecular formula is C56H32Cl8. The Balaban J connectivity index is 1.62. The van der Waals surface area contributed by atoms with Gasteiger partial charge in [-0.3, -0.25) is 0 Å². The summed E-state index contributed by atoms with van der Waals surface area (Å²) in [5.74, 6) is 0. The fourth-order valence-electron chi connectivity index (χ4n) is 8.19. The van der Waals surface area contributed by atoms with Crippen LogP contribution in [-0.2, 0) is 0 Å². The molecule has 0 aromatic heterocycles.